The number of Topliss-reactive ketones (excluding diaryl/α,β-unsaturated/α-hetero) is 1. The van der Waals surface area contributed by atoms with Crippen LogP contribution in [0.2, 0.25) is 18.1 Å². The summed E-state index contributed by atoms with van der Waals surface area (Å²) in [5, 5.41) is 0.227. The zero-order valence-electron chi connectivity index (χ0n) is 13.0. The molecule has 0 amide bonds. The fraction of sp³-hybridized carbons (Fsp3) is 0.562. The van der Waals surface area contributed by atoms with Crippen LogP contribution >= 0.6 is 0 Å². The van der Waals surface area contributed by atoms with Gasteiger partial charge in [-0.15, -0.1) is 0 Å². The molecule has 3 heteroatoms. The van der Waals surface area contributed by atoms with Crippen molar-refractivity contribution in [2.24, 2.45) is 0 Å². The maximum Gasteiger partial charge on any atom is 0.192 e. The predicted octanol–water partition coefficient (Wildman–Crippen LogP) is 4.80. The van der Waals surface area contributed by atoms with Crippen LogP contribution in [0.5, 0.6) is 0 Å². The molecule has 0 aromatic heterocycles. The maximum absolute atomic E-state index is 11.5. The second-order valence-corrected chi connectivity index (χ2v) is 11.3. The van der Waals surface area contributed by atoms with E-state index in [1.165, 1.54) is 0 Å². The van der Waals surface area contributed by atoms with Gasteiger partial charge in [0.2, 0.25) is 0 Å². The van der Waals surface area contributed by atoms with E-state index in [1.807, 2.05) is 31.2 Å². The number of hydrogen-bond donors (Lipinski definition) is 0. The fourth-order valence-corrected chi connectivity index (χ4v) is 2.43. The van der Waals surface area contributed by atoms with Crippen molar-refractivity contribution in [1.82, 2.24) is 0 Å². The summed E-state index contributed by atoms with van der Waals surface area (Å²) in [5.41, 5.74) is 1.93. The van der Waals surface area contributed by atoms with Gasteiger partial charge in [0.05, 0.1) is 6.61 Å². The Kier molecular flexibility index (Phi) is 5.10. The summed E-state index contributed by atoms with van der Waals surface area (Å²) >= 11 is 0. The normalized spacial score (nSPS) is 12.5. The molecule has 0 aliphatic rings. The van der Waals surface area contributed by atoms with Gasteiger partial charge in [-0.25, -0.2) is 0 Å². The van der Waals surface area contributed by atoms with Gasteiger partial charge in [0.15, 0.2) is 14.1 Å². The van der Waals surface area contributed by atoms with E-state index in [0.717, 1.165) is 11.1 Å². The molecule has 1 rings (SSSR count). The molecule has 1 aromatic rings. The van der Waals surface area contributed by atoms with Crippen molar-refractivity contribution in [2.75, 3.05) is 0 Å². The number of rotatable bonds is 5. The molecule has 0 bridgehead atoms. The van der Waals surface area contributed by atoms with Crippen LogP contribution in [0.4, 0.5) is 0 Å². The largest absolute Gasteiger partial charge is 0.413 e. The van der Waals surface area contributed by atoms with Gasteiger partial charge >= 0.3 is 0 Å². The Morgan fingerprint density at radius 3 is 2.11 bits per heavy atom. The highest BCUT2D eigenvalue weighted by molar-refractivity contribution is 6.74. The Morgan fingerprint density at radius 2 is 1.68 bits per heavy atom. The molecule has 0 aliphatic heterocycles. The summed E-state index contributed by atoms with van der Waals surface area (Å²) in [5.74, 6) is 0.192. The van der Waals surface area contributed by atoms with Gasteiger partial charge < -0.3 is 4.43 Å². The van der Waals surface area contributed by atoms with Gasteiger partial charge in [-0.2, -0.15) is 0 Å². The quantitative estimate of drug-likeness (QED) is 0.571. The van der Waals surface area contributed by atoms with Crippen molar-refractivity contribution in [1.29, 1.82) is 0 Å². The number of hydrogen-bond acceptors (Lipinski definition) is 2. The van der Waals surface area contributed by atoms with Gasteiger partial charge in [0.1, 0.15) is 0 Å². The third kappa shape index (κ3) is 4.29. The monoisotopic (exact) mass is 278 g/mol. The van der Waals surface area contributed by atoms with Crippen LogP contribution in [0.25, 0.3) is 0 Å². The van der Waals surface area contributed by atoms with Gasteiger partial charge in [-0.1, -0.05) is 52.0 Å². The molecule has 106 valence electrons. The van der Waals surface area contributed by atoms with E-state index >= 15 is 0 Å². The number of carbonyl (C=O) groups is 1. The molecule has 2 nitrogen and oxygen atoms in total. The average Bonchev–Trinajstić information content (AvgIpc) is 2.35. The highest BCUT2D eigenvalue weighted by atomic mass is 28.4. The van der Waals surface area contributed by atoms with Gasteiger partial charge in [0, 0.05) is 12.0 Å². The molecule has 19 heavy (non-hydrogen) atoms. The Balaban J connectivity index is 2.67. The summed E-state index contributed by atoms with van der Waals surface area (Å²) in [6, 6.07) is 7.79. The molecular weight excluding hydrogens is 252 g/mol. The lowest BCUT2D eigenvalue weighted by Gasteiger charge is -2.36. The van der Waals surface area contributed by atoms with Crippen LogP contribution in [-0.4, -0.2) is 14.1 Å². The van der Waals surface area contributed by atoms with E-state index in [1.54, 1.807) is 0 Å². The minimum absolute atomic E-state index is 0.192. The van der Waals surface area contributed by atoms with Crippen molar-refractivity contribution >= 4 is 14.1 Å². The lowest BCUT2D eigenvalue weighted by Crippen LogP contribution is -2.40. The number of carbonyl (C=O) groups excluding carboxylic acids is 1. The first-order valence-corrected chi connectivity index (χ1v) is 9.84. The fourth-order valence-electron chi connectivity index (χ4n) is 1.47. The van der Waals surface area contributed by atoms with Crippen LogP contribution in [0.15, 0.2) is 24.3 Å². The highest BCUT2D eigenvalue weighted by Crippen LogP contribution is 2.37. The smallest absolute Gasteiger partial charge is 0.192 e. The minimum Gasteiger partial charge on any atom is -0.413 e. The van der Waals surface area contributed by atoms with E-state index in [4.69, 9.17) is 4.43 Å². The predicted molar refractivity (Wildman–Crippen MR) is 83.0 cm³/mol. The first-order valence-electron chi connectivity index (χ1n) is 6.93. The van der Waals surface area contributed by atoms with E-state index in [-0.39, 0.29) is 10.8 Å². The molecule has 0 spiro atoms. The van der Waals surface area contributed by atoms with Crippen molar-refractivity contribution in [3.05, 3.63) is 35.4 Å². The first-order chi connectivity index (χ1) is 8.67. The number of ketones is 1. The molecule has 0 saturated carbocycles. The summed E-state index contributed by atoms with van der Waals surface area (Å²) in [6.45, 7) is 13.7. The summed E-state index contributed by atoms with van der Waals surface area (Å²) < 4.78 is 6.16. The van der Waals surface area contributed by atoms with Crippen molar-refractivity contribution in [2.45, 2.75) is 58.9 Å². The minimum atomic E-state index is -1.70. The maximum atomic E-state index is 11.5. The van der Waals surface area contributed by atoms with Crippen molar-refractivity contribution in [3.63, 3.8) is 0 Å². The molecule has 0 saturated heterocycles. The van der Waals surface area contributed by atoms with Crippen molar-refractivity contribution in [3.8, 4) is 0 Å². The van der Waals surface area contributed by atoms with E-state index in [0.29, 0.717) is 13.0 Å². The first kappa shape index (κ1) is 16.1. The molecule has 0 N–H and O–H groups in total. The molecule has 0 fully saturated rings. The Morgan fingerprint density at radius 1 is 1.16 bits per heavy atom. The lowest BCUT2D eigenvalue weighted by atomic mass is 10.1. The zero-order valence-corrected chi connectivity index (χ0v) is 14.0. The SMILES string of the molecule is CCC(=O)c1ccc(CO[Si](C)(C)C(C)(C)C)cc1. The Bertz CT molecular complexity index is 427. The summed E-state index contributed by atoms with van der Waals surface area (Å²) in [6.07, 6.45) is 0.555. The topological polar surface area (TPSA) is 26.3 Å². The Labute approximate surface area is 118 Å². The molecular formula is C16H26O2Si. The zero-order chi connectivity index (χ0) is 14.7. The van der Waals surface area contributed by atoms with Crippen LogP contribution in [0.3, 0.4) is 0 Å². The van der Waals surface area contributed by atoms with Crippen molar-refractivity contribution < 1.29 is 9.22 Å². The number of benzene rings is 1. The average molecular weight is 278 g/mol. The molecule has 0 radical (unpaired) electrons. The third-order valence-corrected chi connectivity index (χ3v) is 8.48. The van der Waals surface area contributed by atoms with Crippen LogP contribution in [-0.2, 0) is 11.0 Å². The van der Waals surface area contributed by atoms with Crippen LogP contribution in [0, 0.1) is 0 Å². The molecule has 0 aliphatic carbocycles. The molecule has 1 aromatic carbocycles. The highest BCUT2D eigenvalue weighted by Gasteiger charge is 2.36. The van der Waals surface area contributed by atoms with E-state index in [2.05, 4.69) is 33.9 Å². The summed E-state index contributed by atoms with van der Waals surface area (Å²) in [4.78, 5) is 11.5. The van der Waals surface area contributed by atoms with Gasteiger partial charge in [-0.05, 0) is 23.7 Å². The second-order valence-electron chi connectivity index (χ2n) is 6.52. The lowest BCUT2D eigenvalue weighted by molar-refractivity contribution is 0.0988. The second kappa shape index (κ2) is 6.01. The van der Waals surface area contributed by atoms with Crippen LogP contribution in [0.1, 0.15) is 50.0 Å². The van der Waals surface area contributed by atoms with E-state index < -0.39 is 8.32 Å². The Hall–Kier alpha value is -0.933. The van der Waals surface area contributed by atoms with Gasteiger partial charge in [-0.3, -0.25) is 4.79 Å². The molecule has 0 atom stereocenters. The van der Waals surface area contributed by atoms with Gasteiger partial charge in [0.25, 0.3) is 0 Å². The molecule has 0 heterocycles. The molecule has 0 unspecified atom stereocenters. The summed E-state index contributed by atoms with van der Waals surface area (Å²) in [7, 11) is -1.70. The van der Waals surface area contributed by atoms with E-state index in [9.17, 15) is 4.79 Å². The van der Waals surface area contributed by atoms with Crippen LogP contribution < -0.4 is 0 Å². The third-order valence-electron chi connectivity index (χ3n) is 4.00. The standard InChI is InChI=1S/C16H26O2Si/c1-7-15(17)14-10-8-13(9-11-14)12-18-19(5,6)16(2,3)4/h8-11H,7,12H2,1-6H3.